The summed E-state index contributed by atoms with van der Waals surface area (Å²) < 4.78 is 13.4. The lowest BCUT2D eigenvalue weighted by Gasteiger charge is -2.34. The second-order valence-corrected chi connectivity index (χ2v) is 11.1. The molecule has 0 radical (unpaired) electrons. The van der Waals surface area contributed by atoms with Crippen molar-refractivity contribution in [2.24, 2.45) is 0 Å². The number of amides is 1. The Hall–Kier alpha value is -3.79. The fourth-order valence-electron chi connectivity index (χ4n) is 5.04. The number of hydrogen-bond donors (Lipinski definition) is 2. The van der Waals surface area contributed by atoms with Crippen LogP contribution in [0, 0.1) is 5.82 Å². The molecular weight excluding hydrogens is 515 g/mol. The van der Waals surface area contributed by atoms with Crippen LogP contribution in [0.5, 0.6) is 0 Å². The number of nitrogens with zero attached hydrogens (tertiary/aromatic N) is 4. The minimum Gasteiger partial charge on any atom is -0.370 e. The average Bonchev–Trinajstić information content (AvgIpc) is 3.40. The Labute approximate surface area is 230 Å². The van der Waals surface area contributed by atoms with E-state index in [4.69, 9.17) is 4.98 Å². The molecule has 1 amide bonds. The molecule has 2 N–H and O–H groups in total. The highest BCUT2D eigenvalue weighted by molar-refractivity contribution is 7.14. The van der Waals surface area contributed by atoms with Crippen LogP contribution in [0.2, 0.25) is 0 Å². The predicted octanol–water partition coefficient (Wildman–Crippen LogP) is 5.72. The van der Waals surface area contributed by atoms with E-state index in [1.165, 1.54) is 47.6 Å². The highest BCUT2D eigenvalue weighted by Gasteiger charge is 2.22. The second kappa shape index (κ2) is 11.5. The molecule has 0 bridgehead atoms. The van der Waals surface area contributed by atoms with E-state index in [0.717, 1.165) is 35.5 Å². The number of rotatable bonds is 8. The van der Waals surface area contributed by atoms with Crippen LogP contribution in [0.4, 0.5) is 20.9 Å². The summed E-state index contributed by atoms with van der Waals surface area (Å²) in [6.07, 6.45) is 6.41. The van der Waals surface area contributed by atoms with Gasteiger partial charge >= 0.3 is 0 Å². The van der Waals surface area contributed by atoms with Crippen LogP contribution < -0.4 is 15.8 Å². The van der Waals surface area contributed by atoms with Gasteiger partial charge in [-0.3, -0.25) is 9.59 Å². The maximum Gasteiger partial charge on any atom is 0.270 e. The summed E-state index contributed by atoms with van der Waals surface area (Å²) in [6.45, 7) is 0. The van der Waals surface area contributed by atoms with Crippen molar-refractivity contribution in [3.05, 3.63) is 63.6 Å². The smallest absolute Gasteiger partial charge is 0.270 e. The predicted molar refractivity (Wildman–Crippen MR) is 155 cm³/mol. The van der Waals surface area contributed by atoms with Gasteiger partial charge < -0.3 is 20.1 Å². The largest absolute Gasteiger partial charge is 0.370 e. The fraction of sp³-hybridized carbons (Fsp3) is 0.379. The molecule has 0 saturated heterocycles. The van der Waals surface area contributed by atoms with Crippen molar-refractivity contribution in [1.29, 1.82) is 0 Å². The standard InChI is InChI=1S/C29H33FN6O2S/c1-35(2)27(37)14-13-21-28(38)32-22-15-24(26(16-23(22)31-21)36(3)20-7-5-4-6-8-20)33-29-34-25(17-39-29)18-9-11-19(30)12-10-18/h9-12,15-17,20H,4-8,13-14H2,1-3H3,(H,32,38)(H,33,34). The van der Waals surface area contributed by atoms with Gasteiger partial charge in [0.15, 0.2) is 5.13 Å². The van der Waals surface area contributed by atoms with E-state index in [1.807, 2.05) is 17.5 Å². The lowest BCUT2D eigenvalue weighted by molar-refractivity contribution is -0.128. The summed E-state index contributed by atoms with van der Waals surface area (Å²) in [7, 11) is 5.51. The number of carbonyl (C=O) groups is 1. The van der Waals surface area contributed by atoms with Crippen LogP contribution in [-0.4, -0.2) is 52.9 Å². The summed E-state index contributed by atoms with van der Waals surface area (Å²) in [5.41, 5.74) is 4.75. The van der Waals surface area contributed by atoms with E-state index >= 15 is 0 Å². The van der Waals surface area contributed by atoms with E-state index in [2.05, 4.69) is 27.2 Å². The second-order valence-electron chi connectivity index (χ2n) is 10.3. The molecule has 0 atom stereocenters. The van der Waals surface area contributed by atoms with E-state index in [1.54, 1.807) is 26.2 Å². The van der Waals surface area contributed by atoms with Crippen LogP contribution in [-0.2, 0) is 11.2 Å². The van der Waals surface area contributed by atoms with Gasteiger partial charge in [-0.05, 0) is 49.2 Å². The van der Waals surface area contributed by atoms with E-state index in [-0.39, 0.29) is 30.1 Å². The van der Waals surface area contributed by atoms with E-state index in [9.17, 15) is 14.0 Å². The molecule has 39 heavy (non-hydrogen) atoms. The Morgan fingerprint density at radius 3 is 2.56 bits per heavy atom. The molecule has 0 spiro atoms. The molecule has 8 nitrogen and oxygen atoms in total. The number of H-pyrrole nitrogens is 1. The third-order valence-corrected chi connectivity index (χ3v) is 8.10. The molecule has 1 aliphatic rings. The Kier molecular flexibility index (Phi) is 7.92. The van der Waals surface area contributed by atoms with Crippen molar-refractivity contribution in [2.75, 3.05) is 31.4 Å². The molecule has 0 unspecified atom stereocenters. The van der Waals surface area contributed by atoms with Crippen molar-refractivity contribution in [2.45, 2.75) is 51.0 Å². The van der Waals surface area contributed by atoms with Gasteiger partial charge in [-0.15, -0.1) is 11.3 Å². The van der Waals surface area contributed by atoms with Gasteiger partial charge in [0.1, 0.15) is 11.5 Å². The number of anilines is 3. The number of thiazole rings is 1. The first kappa shape index (κ1) is 26.8. The molecule has 1 saturated carbocycles. The lowest BCUT2D eigenvalue weighted by atomic mass is 9.94. The number of aryl methyl sites for hydroxylation is 1. The zero-order valence-corrected chi connectivity index (χ0v) is 23.3. The number of aromatic nitrogens is 3. The van der Waals surface area contributed by atoms with Gasteiger partial charge in [0.25, 0.3) is 5.56 Å². The topological polar surface area (TPSA) is 94.2 Å². The average molecular weight is 549 g/mol. The molecule has 2 aromatic carbocycles. The molecule has 2 aromatic heterocycles. The maximum atomic E-state index is 13.4. The maximum absolute atomic E-state index is 13.4. The van der Waals surface area contributed by atoms with Crippen LogP contribution in [0.25, 0.3) is 22.3 Å². The van der Waals surface area contributed by atoms with Crippen LogP contribution >= 0.6 is 11.3 Å². The first-order valence-corrected chi connectivity index (χ1v) is 14.1. The Bertz CT molecular complexity index is 1530. The highest BCUT2D eigenvalue weighted by atomic mass is 32.1. The number of nitrogens with one attached hydrogen (secondary N) is 2. The summed E-state index contributed by atoms with van der Waals surface area (Å²) in [4.78, 5) is 41.1. The summed E-state index contributed by atoms with van der Waals surface area (Å²) >= 11 is 1.46. The number of benzene rings is 2. The van der Waals surface area contributed by atoms with Gasteiger partial charge in [-0.25, -0.2) is 14.4 Å². The van der Waals surface area contributed by atoms with Crippen LogP contribution in [0.3, 0.4) is 0 Å². The number of aromatic amines is 1. The molecule has 2 heterocycles. The molecule has 1 aliphatic carbocycles. The lowest BCUT2D eigenvalue weighted by Crippen LogP contribution is -2.33. The Morgan fingerprint density at radius 1 is 1.10 bits per heavy atom. The highest BCUT2D eigenvalue weighted by Crippen LogP contribution is 2.37. The number of carbonyl (C=O) groups excluding carboxylic acids is 1. The summed E-state index contributed by atoms with van der Waals surface area (Å²) in [5.74, 6) is -0.328. The zero-order chi connectivity index (χ0) is 27.5. The molecule has 1 fully saturated rings. The first-order valence-electron chi connectivity index (χ1n) is 13.3. The SMILES string of the molecule is CN(C)C(=O)CCc1nc2cc(N(C)C3CCCCC3)c(Nc3nc(-c4ccc(F)cc4)cs3)cc2[nH]c1=O. The minimum absolute atomic E-state index is 0.0444. The molecule has 4 aromatic rings. The van der Waals surface area contributed by atoms with Crippen molar-refractivity contribution in [3.63, 3.8) is 0 Å². The van der Waals surface area contributed by atoms with Crippen molar-refractivity contribution >= 4 is 44.8 Å². The van der Waals surface area contributed by atoms with Crippen LogP contribution in [0.1, 0.15) is 44.2 Å². The number of halogens is 1. The molecule has 204 valence electrons. The van der Waals surface area contributed by atoms with Gasteiger partial charge in [0, 0.05) is 51.0 Å². The third kappa shape index (κ3) is 6.11. The van der Waals surface area contributed by atoms with Gasteiger partial charge in [-0.2, -0.15) is 0 Å². The fourth-order valence-corrected chi connectivity index (χ4v) is 5.77. The van der Waals surface area contributed by atoms with Crippen molar-refractivity contribution in [1.82, 2.24) is 19.9 Å². The Morgan fingerprint density at radius 2 is 1.85 bits per heavy atom. The first-order chi connectivity index (χ1) is 18.8. The molecular formula is C29H33FN6O2S. The number of hydrogen-bond acceptors (Lipinski definition) is 7. The normalized spacial score (nSPS) is 13.9. The zero-order valence-electron chi connectivity index (χ0n) is 22.5. The third-order valence-electron chi connectivity index (χ3n) is 7.34. The molecule has 0 aliphatic heterocycles. The Balaban J connectivity index is 1.50. The van der Waals surface area contributed by atoms with Gasteiger partial charge in [-0.1, -0.05) is 19.3 Å². The monoisotopic (exact) mass is 548 g/mol. The summed E-state index contributed by atoms with van der Waals surface area (Å²) in [6, 6.07) is 10.6. The quantitative estimate of drug-likeness (QED) is 0.293. The molecule has 10 heteroatoms. The van der Waals surface area contributed by atoms with Gasteiger partial charge in [0.05, 0.1) is 28.1 Å². The summed E-state index contributed by atoms with van der Waals surface area (Å²) in [5, 5.41) is 6.10. The van der Waals surface area contributed by atoms with Crippen molar-refractivity contribution < 1.29 is 9.18 Å². The van der Waals surface area contributed by atoms with E-state index in [0.29, 0.717) is 27.9 Å². The van der Waals surface area contributed by atoms with Crippen molar-refractivity contribution in [3.8, 4) is 11.3 Å². The number of fused-ring (bicyclic) bond motifs is 1. The van der Waals surface area contributed by atoms with E-state index < -0.39 is 0 Å². The van der Waals surface area contributed by atoms with Crippen LogP contribution in [0.15, 0.2) is 46.6 Å². The minimum atomic E-state index is -0.291. The van der Waals surface area contributed by atoms with Gasteiger partial charge in [0.2, 0.25) is 5.91 Å². The molecule has 5 rings (SSSR count).